The normalized spacial score (nSPS) is 15.1. The highest BCUT2D eigenvalue weighted by molar-refractivity contribution is 6.19. The zero-order chi connectivity index (χ0) is 12.9. The van der Waals surface area contributed by atoms with Crippen LogP contribution in [0.2, 0.25) is 0 Å². The van der Waals surface area contributed by atoms with E-state index in [0.717, 1.165) is 0 Å². The number of amides is 1. The third-order valence-corrected chi connectivity index (χ3v) is 2.84. The van der Waals surface area contributed by atoms with Crippen LogP contribution in [0.5, 0.6) is 0 Å². The second kappa shape index (κ2) is 6.06. The summed E-state index contributed by atoms with van der Waals surface area (Å²) in [5.41, 5.74) is -0.803. The number of methoxy groups -OCH3 is 1. The van der Waals surface area contributed by atoms with Gasteiger partial charge in [-0.2, -0.15) is 0 Å². The second-order valence-corrected chi connectivity index (χ2v) is 4.50. The number of nitrogens with one attached hydrogen (secondary N) is 1. The minimum absolute atomic E-state index is 0.118. The first kappa shape index (κ1) is 15.2. The van der Waals surface area contributed by atoms with Crippen molar-refractivity contribution in [1.29, 1.82) is 0 Å². The molecular formula is C10H18ClNO4. The Morgan fingerprint density at radius 1 is 1.50 bits per heavy atom. The summed E-state index contributed by atoms with van der Waals surface area (Å²) in [7, 11) is 1.19. The summed E-state index contributed by atoms with van der Waals surface area (Å²) >= 11 is 5.63. The molecule has 0 radical (unpaired) electrons. The molecule has 0 aromatic heterocycles. The molecule has 0 aromatic carbocycles. The third kappa shape index (κ3) is 3.98. The van der Waals surface area contributed by atoms with E-state index < -0.39 is 29.4 Å². The lowest BCUT2D eigenvalue weighted by molar-refractivity contribution is -0.149. The Bertz CT molecular complexity index is 266. The number of esters is 1. The van der Waals surface area contributed by atoms with Gasteiger partial charge >= 0.3 is 5.97 Å². The minimum Gasteiger partial charge on any atom is -0.467 e. The van der Waals surface area contributed by atoms with Gasteiger partial charge in [0.25, 0.3) is 0 Å². The Morgan fingerprint density at radius 2 is 2.00 bits per heavy atom. The zero-order valence-electron chi connectivity index (χ0n) is 9.91. The Kier molecular flexibility index (Phi) is 5.75. The third-order valence-electron chi connectivity index (χ3n) is 2.17. The van der Waals surface area contributed by atoms with Crippen molar-refractivity contribution in [2.75, 3.05) is 13.0 Å². The van der Waals surface area contributed by atoms with Gasteiger partial charge in [-0.15, -0.1) is 11.6 Å². The first-order valence-electron chi connectivity index (χ1n) is 4.89. The molecule has 5 nitrogen and oxygen atoms in total. The van der Waals surface area contributed by atoms with Crippen LogP contribution in [-0.2, 0) is 14.3 Å². The number of carbonyl (C=O) groups excluding carboxylic acids is 2. The van der Waals surface area contributed by atoms with Crippen molar-refractivity contribution in [1.82, 2.24) is 5.32 Å². The largest absolute Gasteiger partial charge is 0.467 e. The molecule has 0 aromatic rings. The lowest BCUT2D eigenvalue weighted by Crippen LogP contribution is -2.52. The summed E-state index contributed by atoms with van der Waals surface area (Å²) in [6.45, 7) is 4.69. The molecule has 0 rings (SSSR count). The van der Waals surface area contributed by atoms with Gasteiger partial charge in [-0.25, -0.2) is 4.79 Å². The highest BCUT2D eigenvalue weighted by Gasteiger charge is 2.33. The van der Waals surface area contributed by atoms with Gasteiger partial charge in [0.2, 0.25) is 5.91 Å². The van der Waals surface area contributed by atoms with Crippen molar-refractivity contribution in [2.24, 2.45) is 5.41 Å². The van der Waals surface area contributed by atoms with E-state index >= 15 is 0 Å². The topological polar surface area (TPSA) is 75.6 Å². The van der Waals surface area contributed by atoms with E-state index in [9.17, 15) is 14.7 Å². The van der Waals surface area contributed by atoms with E-state index in [2.05, 4.69) is 10.1 Å². The van der Waals surface area contributed by atoms with Gasteiger partial charge in [0.1, 0.15) is 0 Å². The number of aliphatic hydroxyl groups is 1. The van der Waals surface area contributed by atoms with Crippen LogP contribution in [0.3, 0.4) is 0 Å². The predicted octanol–water partition coefficient (Wildman–Crippen LogP) is 0.290. The number of ether oxygens (including phenoxy) is 1. The molecule has 2 atom stereocenters. The summed E-state index contributed by atoms with van der Waals surface area (Å²) in [4.78, 5) is 23.0. The SMILES string of the molecule is COC(=O)C(NC(=O)C(C)(C)CCl)C(C)O. The molecule has 0 heterocycles. The Balaban J connectivity index is 4.65. The van der Waals surface area contributed by atoms with Gasteiger partial charge in [0, 0.05) is 5.88 Å². The fraction of sp³-hybridized carbons (Fsp3) is 0.800. The molecule has 16 heavy (non-hydrogen) atoms. The summed E-state index contributed by atoms with van der Waals surface area (Å²) in [5.74, 6) is -0.973. The molecule has 0 aliphatic carbocycles. The molecule has 0 spiro atoms. The number of carbonyl (C=O) groups is 2. The van der Waals surface area contributed by atoms with Crippen molar-refractivity contribution in [3.05, 3.63) is 0 Å². The molecule has 6 heteroatoms. The van der Waals surface area contributed by atoms with Crippen molar-refractivity contribution in [3.63, 3.8) is 0 Å². The van der Waals surface area contributed by atoms with Crippen molar-refractivity contribution in [2.45, 2.75) is 32.9 Å². The summed E-state index contributed by atoms with van der Waals surface area (Å²) in [6.07, 6.45) is -1.03. The van der Waals surface area contributed by atoms with Gasteiger partial charge in [-0.3, -0.25) is 4.79 Å². The first-order valence-corrected chi connectivity index (χ1v) is 5.42. The van der Waals surface area contributed by atoms with Gasteiger partial charge in [0.05, 0.1) is 18.6 Å². The van der Waals surface area contributed by atoms with Crippen LogP contribution >= 0.6 is 11.6 Å². The number of hydrogen-bond donors (Lipinski definition) is 2. The fourth-order valence-corrected chi connectivity index (χ4v) is 1.02. The minimum atomic E-state index is -1.07. The Morgan fingerprint density at radius 3 is 2.31 bits per heavy atom. The van der Waals surface area contributed by atoms with Crippen molar-refractivity contribution in [3.8, 4) is 0 Å². The van der Waals surface area contributed by atoms with E-state index in [4.69, 9.17) is 11.6 Å². The maximum absolute atomic E-state index is 11.7. The highest BCUT2D eigenvalue weighted by atomic mass is 35.5. The van der Waals surface area contributed by atoms with E-state index in [1.807, 2.05) is 0 Å². The van der Waals surface area contributed by atoms with Gasteiger partial charge in [0.15, 0.2) is 6.04 Å². The molecule has 0 fully saturated rings. The van der Waals surface area contributed by atoms with Crippen LogP contribution in [0.25, 0.3) is 0 Å². The molecule has 0 aliphatic heterocycles. The van der Waals surface area contributed by atoms with E-state index in [-0.39, 0.29) is 5.88 Å². The fourth-order valence-electron chi connectivity index (χ4n) is 0.901. The lowest BCUT2D eigenvalue weighted by Gasteiger charge is -2.25. The molecule has 0 aliphatic rings. The van der Waals surface area contributed by atoms with Crippen molar-refractivity contribution >= 4 is 23.5 Å². The Hall–Kier alpha value is -0.810. The van der Waals surface area contributed by atoms with Crippen LogP contribution in [-0.4, -0.2) is 42.1 Å². The predicted molar refractivity (Wildman–Crippen MR) is 60.1 cm³/mol. The Labute approximate surface area is 100 Å². The summed E-state index contributed by atoms with van der Waals surface area (Å²) in [5, 5.41) is 11.8. The molecule has 0 saturated heterocycles. The van der Waals surface area contributed by atoms with Gasteiger partial charge in [-0.05, 0) is 20.8 Å². The molecule has 1 amide bonds. The molecular weight excluding hydrogens is 234 g/mol. The van der Waals surface area contributed by atoms with Crippen LogP contribution in [0.15, 0.2) is 0 Å². The maximum Gasteiger partial charge on any atom is 0.331 e. The average molecular weight is 252 g/mol. The molecule has 2 unspecified atom stereocenters. The number of halogens is 1. The van der Waals surface area contributed by atoms with Crippen LogP contribution in [0.1, 0.15) is 20.8 Å². The quantitative estimate of drug-likeness (QED) is 0.544. The summed E-state index contributed by atoms with van der Waals surface area (Å²) in [6, 6.07) is -1.07. The standard InChI is InChI=1S/C10H18ClNO4/c1-6(13)7(8(14)16-4)12-9(15)10(2,3)5-11/h6-7,13H,5H2,1-4H3,(H,12,15). The monoisotopic (exact) mass is 251 g/mol. The summed E-state index contributed by atoms with van der Waals surface area (Å²) < 4.78 is 4.47. The highest BCUT2D eigenvalue weighted by Crippen LogP contribution is 2.17. The lowest BCUT2D eigenvalue weighted by atomic mass is 9.94. The zero-order valence-corrected chi connectivity index (χ0v) is 10.7. The number of aliphatic hydroxyl groups excluding tert-OH is 1. The van der Waals surface area contributed by atoms with Gasteiger partial charge < -0.3 is 15.2 Å². The van der Waals surface area contributed by atoms with Crippen molar-refractivity contribution < 1.29 is 19.4 Å². The first-order chi connectivity index (χ1) is 7.26. The van der Waals surface area contributed by atoms with Gasteiger partial charge in [-0.1, -0.05) is 0 Å². The molecule has 2 N–H and O–H groups in total. The van der Waals surface area contributed by atoms with Crippen LogP contribution in [0, 0.1) is 5.41 Å². The molecule has 0 saturated carbocycles. The molecule has 0 bridgehead atoms. The number of rotatable bonds is 5. The van der Waals surface area contributed by atoms with E-state index in [0.29, 0.717) is 0 Å². The second-order valence-electron chi connectivity index (χ2n) is 4.23. The smallest absolute Gasteiger partial charge is 0.331 e. The number of alkyl halides is 1. The molecule has 94 valence electrons. The number of hydrogen-bond acceptors (Lipinski definition) is 4. The average Bonchev–Trinajstić information content (AvgIpc) is 2.23. The van der Waals surface area contributed by atoms with Crippen LogP contribution in [0.4, 0.5) is 0 Å². The van der Waals surface area contributed by atoms with E-state index in [1.165, 1.54) is 14.0 Å². The van der Waals surface area contributed by atoms with E-state index in [1.54, 1.807) is 13.8 Å². The van der Waals surface area contributed by atoms with Crippen LogP contribution < -0.4 is 5.32 Å². The maximum atomic E-state index is 11.7.